The minimum absolute atomic E-state index is 0.296. The molecule has 2 atom stereocenters. The number of fused-ring (bicyclic) bond motifs is 1. The van der Waals surface area contributed by atoms with Gasteiger partial charge in [0, 0.05) is 13.5 Å². The second kappa shape index (κ2) is 5.53. The van der Waals surface area contributed by atoms with Crippen LogP contribution < -0.4 is 0 Å². The summed E-state index contributed by atoms with van der Waals surface area (Å²) in [7, 11) is 2.01. The standard InChI is InChI=1S/C15H22N2O/c1-4-11(2)9-12(18)10-15-16-13-7-5-6-8-14(13)17(15)3/h5-8,11-12,18H,4,9-10H2,1-3H3. The lowest BCUT2D eigenvalue weighted by Gasteiger charge is -2.14. The third-order valence-corrected chi connectivity index (χ3v) is 3.67. The Labute approximate surface area is 108 Å². The van der Waals surface area contributed by atoms with Crippen LogP contribution in [0.5, 0.6) is 0 Å². The Balaban J connectivity index is 2.14. The molecule has 1 aromatic carbocycles. The van der Waals surface area contributed by atoms with Gasteiger partial charge < -0.3 is 9.67 Å². The van der Waals surface area contributed by atoms with E-state index in [-0.39, 0.29) is 6.10 Å². The number of aliphatic hydroxyl groups is 1. The summed E-state index contributed by atoms with van der Waals surface area (Å²) in [6.45, 7) is 4.34. The zero-order valence-electron chi connectivity index (χ0n) is 11.4. The number of aliphatic hydroxyl groups excluding tert-OH is 1. The zero-order chi connectivity index (χ0) is 13.1. The molecular formula is C15H22N2O. The summed E-state index contributed by atoms with van der Waals surface area (Å²) in [5, 5.41) is 10.1. The Hall–Kier alpha value is -1.35. The summed E-state index contributed by atoms with van der Waals surface area (Å²) in [5.74, 6) is 1.53. The number of para-hydroxylation sites is 2. The highest BCUT2D eigenvalue weighted by atomic mass is 16.3. The molecule has 2 unspecified atom stereocenters. The molecular weight excluding hydrogens is 224 g/mol. The van der Waals surface area contributed by atoms with Crippen molar-refractivity contribution in [3.63, 3.8) is 0 Å². The monoisotopic (exact) mass is 246 g/mol. The highest BCUT2D eigenvalue weighted by Crippen LogP contribution is 2.18. The molecule has 2 aromatic rings. The summed E-state index contributed by atoms with van der Waals surface area (Å²) in [5.41, 5.74) is 2.13. The van der Waals surface area contributed by atoms with Crippen molar-refractivity contribution in [2.45, 2.75) is 39.2 Å². The minimum atomic E-state index is -0.296. The average molecular weight is 246 g/mol. The van der Waals surface area contributed by atoms with E-state index < -0.39 is 0 Å². The van der Waals surface area contributed by atoms with Crippen molar-refractivity contribution < 1.29 is 5.11 Å². The third-order valence-electron chi connectivity index (χ3n) is 3.67. The van der Waals surface area contributed by atoms with Crippen LogP contribution >= 0.6 is 0 Å². The second-order valence-corrected chi connectivity index (χ2v) is 5.18. The SMILES string of the molecule is CCC(C)CC(O)Cc1nc2ccccc2n1C. The number of benzene rings is 1. The van der Waals surface area contributed by atoms with E-state index in [0.717, 1.165) is 29.7 Å². The topological polar surface area (TPSA) is 38.1 Å². The Morgan fingerprint density at radius 2 is 2.06 bits per heavy atom. The van der Waals surface area contributed by atoms with Crippen LogP contribution in [0.4, 0.5) is 0 Å². The smallest absolute Gasteiger partial charge is 0.112 e. The Bertz CT molecular complexity index is 518. The molecule has 3 nitrogen and oxygen atoms in total. The molecule has 18 heavy (non-hydrogen) atoms. The fourth-order valence-electron chi connectivity index (χ4n) is 2.30. The predicted octanol–water partition coefficient (Wildman–Crippen LogP) is 2.91. The first-order chi connectivity index (χ1) is 8.61. The first kappa shape index (κ1) is 13.1. The second-order valence-electron chi connectivity index (χ2n) is 5.18. The lowest BCUT2D eigenvalue weighted by Crippen LogP contribution is -2.16. The molecule has 1 N–H and O–H groups in total. The van der Waals surface area contributed by atoms with Crippen LogP contribution in [0.3, 0.4) is 0 Å². The largest absolute Gasteiger partial charge is 0.393 e. The third kappa shape index (κ3) is 2.72. The molecule has 98 valence electrons. The van der Waals surface area contributed by atoms with Gasteiger partial charge >= 0.3 is 0 Å². The van der Waals surface area contributed by atoms with Gasteiger partial charge in [-0.25, -0.2) is 4.98 Å². The Morgan fingerprint density at radius 1 is 1.33 bits per heavy atom. The summed E-state index contributed by atoms with van der Waals surface area (Å²) in [6.07, 6.45) is 2.30. The van der Waals surface area contributed by atoms with Gasteiger partial charge in [0.2, 0.25) is 0 Å². The van der Waals surface area contributed by atoms with Gasteiger partial charge in [0.15, 0.2) is 0 Å². The molecule has 0 bridgehead atoms. The number of hydrogen-bond acceptors (Lipinski definition) is 2. The normalized spacial score (nSPS) is 14.9. The number of imidazole rings is 1. The van der Waals surface area contributed by atoms with Gasteiger partial charge in [-0.05, 0) is 24.5 Å². The first-order valence-electron chi connectivity index (χ1n) is 6.70. The number of aromatic nitrogens is 2. The van der Waals surface area contributed by atoms with Gasteiger partial charge in [-0.15, -0.1) is 0 Å². The molecule has 1 aromatic heterocycles. The van der Waals surface area contributed by atoms with Crippen molar-refractivity contribution in [3.8, 4) is 0 Å². The van der Waals surface area contributed by atoms with Gasteiger partial charge in [0.1, 0.15) is 5.82 Å². The Kier molecular flexibility index (Phi) is 4.02. The van der Waals surface area contributed by atoms with Gasteiger partial charge in [-0.3, -0.25) is 0 Å². The van der Waals surface area contributed by atoms with E-state index in [1.54, 1.807) is 0 Å². The maximum Gasteiger partial charge on any atom is 0.112 e. The molecule has 3 heteroatoms. The van der Waals surface area contributed by atoms with Crippen LogP contribution in [0.25, 0.3) is 11.0 Å². The maximum atomic E-state index is 10.1. The predicted molar refractivity (Wildman–Crippen MR) is 74.5 cm³/mol. The zero-order valence-corrected chi connectivity index (χ0v) is 11.4. The van der Waals surface area contributed by atoms with Crippen molar-refractivity contribution in [2.75, 3.05) is 0 Å². The van der Waals surface area contributed by atoms with Crippen LogP contribution in [0.1, 0.15) is 32.5 Å². The van der Waals surface area contributed by atoms with E-state index in [1.807, 2.05) is 25.2 Å². The number of hydrogen-bond donors (Lipinski definition) is 1. The van der Waals surface area contributed by atoms with Crippen molar-refractivity contribution >= 4 is 11.0 Å². The lowest BCUT2D eigenvalue weighted by molar-refractivity contribution is 0.142. The molecule has 0 saturated heterocycles. The minimum Gasteiger partial charge on any atom is -0.393 e. The van der Waals surface area contributed by atoms with Crippen LogP contribution in [-0.2, 0) is 13.5 Å². The summed E-state index contributed by atoms with van der Waals surface area (Å²) >= 11 is 0. The summed E-state index contributed by atoms with van der Waals surface area (Å²) in [4.78, 5) is 4.59. The molecule has 0 fully saturated rings. The molecule has 0 radical (unpaired) electrons. The van der Waals surface area contributed by atoms with Crippen LogP contribution in [0.2, 0.25) is 0 Å². The van der Waals surface area contributed by atoms with Crippen molar-refractivity contribution in [3.05, 3.63) is 30.1 Å². The van der Waals surface area contributed by atoms with E-state index in [0.29, 0.717) is 12.3 Å². The number of nitrogens with zero attached hydrogens (tertiary/aromatic N) is 2. The van der Waals surface area contributed by atoms with E-state index in [2.05, 4.69) is 29.5 Å². The van der Waals surface area contributed by atoms with Gasteiger partial charge in [-0.2, -0.15) is 0 Å². The highest BCUT2D eigenvalue weighted by Gasteiger charge is 2.14. The molecule has 0 spiro atoms. The fourth-order valence-corrected chi connectivity index (χ4v) is 2.30. The summed E-state index contributed by atoms with van der Waals surface area (Å²) < 4.78 is 2.08. The van der Waals surface area contributed by atoms with Crippen molar-refractivity contribution in [2.24, 2.45) is 13.0 Å². The molecule has 1 heterocycles. The lowest BCUT2D eigenvalue weighted by atomic mass is 9.99. The van der Waals surface area contributed by atoms with Gasteiger partial charge in [0.25, 0.3) is 0 Å². The van der Waals surface area contributed by atoms with Crippen LogP contribution in [0.15, 0.2) is 24.3 Å². The molecule has 0 aliphatic heterocycles. The number of aryl methyl sites for hydroxylation is 1. The molecule has 0 amide bonds. The van der Waals surface area contributed by atoms with E-state index in [4.69, 9.17) is 0 Å². The van der Waals surface area contributed by atoms with Gasteiger partial charge in [-0.1, -0.05) is 32.4 Å². The molecule has 0 saturated carbocycles. The van der Waals surface area contributed by atoms with Gasteiger partial charge in [0.05, 0.1) is 17.1 Å². The van der Waals surface area contributed by atoms with Crippen molar-refractivity contribution in [1.29, 1.82) is 0 Å². The first-order valence-corrected chi connectivity index (χ1v) is 6.70. The highest BCUT2D eigenvalue weighted by molar-refractivity contribution is 5.75. The van der Waals surface area contributed by atoms with E-state index >= 15 is 0 Å². The Morgan fingerprint density at radius 3 is 2.72 bits per heavy atom. The quantitative estimate of drug-likeness (QED) is 0.881. The molecule has 2 rings (SSSR count). The maximum absolute atomic E-state index is 10.1. The fraction of sp³-hybridized carbons (Fsp3) is 0.533. The summed E-state index contributed by atoms with van der Waals surface area (Å²) in [6, 6.07) is 8.09. The van der Waals surface area contributed by atoms with Crippen molar-refractivity contribution in [1.82, 2.24) is 9.55 Å². The molecule has 0 aliphatic carbocycles. The van der Waals surface area contributed by atoms with Crippen LogP contribution in [-0.4, -0.2) is 20.8 Å². The average Bonchev–Trinajstić information content (AvgIpc) is 2.66. The molecule has 0 aliphatic rings. The van der Waals surface area contributed by atoms with E-state index in [1.165, 1.54) is 0 Å². The van der Waals surface area contributed by atoms with Crippen LogP contribution in [0, 0.1) is 5.92 Å². The number of rotatable bonds is 5. The van der Waals surface area contributed by atoms with E-state index in [9.17, 15) is 5.11 Å².